The number of nitrogens with zero attached hydrogens (tertiary/aromatic N) is 1. The van der Waals surface area contributed by atoms with E-state index in [9.17, 15) is 31.7 Å². The maximum absolute atomic E-state index is 13.3. The van der Waals surface area contributed by atoms with Crippen molar-refractivity contribution in [3.63, 3.8) is 0 Å². The largest absolute Gasteiger partial charge is 0.744 e. The van der Waals surface area contributed by atoms with Crippen LogP contribution in [0.15, 0.2) is 41.3 Å². The van der Waals surface area contributed by atoms with Gasteiger partial charge in [-0.05, 0) is 58.0 Å². The second-order valence-corrected chi connectivity index (χ2v) is 8.03. The van der Waals surface area contributed by atoms with Gasteiger partial charge >= 0.3 is 5.97 Å². The van der Waals surface area contributed by atoms with Gasteiger partial charge in [0.15, 0.2) is 11.6 Å². The highest BCUT2D eigenvalue weighted by Crippen LogP contribution is 2.26. The molecule has 1 N–H and O–H groups in total. The SMILES string of the molecule is CC[N+](CC)(CC)CC.O=C(Oc1c(F)cccc1F)c1ccc(S(=O)(=O)[O-])c(O)c1. The monoisotopic (exact) mass is 459 g/mol. The molecule has 0 heterocycles. The standard InChI is InChI=1S/C13H8F2O6S.C8H20N/c14-8-2-1-3-9(15)12(8)21-13(17)7-4-5-11(10(16)6-7)22(18,19)20;1-5-9(6-2,7-3)8-4/h1-6,16H,(H,18,19,20);5-8H2,1-4H3/q;+1/p-1. The van der Waals surface area contributed by atoms with E-state index in [-0.39, 0.29) is 0 Å². The minimum atomic E-state index is -4.92. The lowest BCUT2D eigenvalue weighted by Crippen LogP contribution is -2.47. The topological polar surface area (TPSA) is 104 Å². The van der Waals surface area contributed by atoms with Gasteiger partial charge in [-0.2, -0.15) is 0 Å². The normalized spacial score (nSPS) is 11.5. The average molecular weight is 460 g/mol. The van der Waals surface area contributed by atoms with Crippen molar-refractivity contribution in [2.75, 3.05) is 26.2 Å². The maximum atomic E-state index is 13.3. The van der Waals surface area contributed by atoms with Crippen molar-refractivity contribution < 1.29 is 40.9 Å². The van der Waals surface area contributed by atoms with Gasteiger partial charge in [-0.3, -0.25) is 0 Å². The quantitative estimate of drug-likeness (QED) is 0.293. The number of para-hydroxylation sites is 1. The number of rotatable bonds is 7. The summed E-state index contributed by atoms with van der Waals surface area (Å²) in [7, 11) is -4.92. The van der Waals surface area contributed by atoms with E-state index in [1.165, 1.54) is 30.7 Å². The molecule has 10 heteroatoms. The Morgan fingerprint density at radius 3 is 1.84 bits per heavy atom. The Bertz CT molecular complexity index is 969. The molecular weight excluding hydrogens is 432 g/mol. The molecular formula is C21H27F2NO6S. The summed E-state index contributed by atoms with van der Waals surface area (Å²) in [6.07, 6.45) is 0. The van der Waals surface area contributed by atoms with Crippen molar-refractivity contribution in [1.29, 1.82) is 0 Å². The number of esters is 1. The molecule has 0 aromatic heterocycles. The molecule has 2 aromatic carbocycles. The van der Waals surface area contributed by atoms with Crippen molar-refractivity contribution in [3.05, 3.63) is 53.6 Å². The van der Waals surface area contributed by atoms with Gasteiger partial charge in [0.1, 0.15) is 15.9 Å². The van der Waals surface area contributed by atoms with Gasteiger partial charge in [0.05, 0.1) is 36.6 Å². The van der Waals surface area contributed by atoms with Crippen LogP contribution in [0, 0.1) is 11.6 Å². The van der Waals surface area contributed by atoms with Crippen LogP contribution in [0.25, 0.3) is 0 Å². The number of hydrogen-bond acceptors (Lipinski definition) is 6. The summed E-state index contributed by atoms with van der Waals surface area (Å²) >= 11 is 0. The Kier molecular flexibility index (Phi) is 9.54. The summed E-state index contributed by atoms with van der Waals surface area (Å²) in [5, 5.41) is 9.42. The zero-order chi connectivity index (χ0) is 23.8. The molecule has 0 saturated heterocycles. The van der Waals surface area contributed by atoms with Crippen LogP contribution in [0.3, 0.4) is 0 Å². The van der Waals surface area contributed by atoms with Crippen LogP contribution in [-0.4, -0.2) is 54.7 Å². The van der Waals surface area contributed by atoms with E-state index in [0.717, 1.165) is 24.3 Å². The molecule has 7 nitrogen and oxygen atoms in total. The van der Waals surface area contributed by atoms with E-state index in [1.807, 2.05) is 0 Å². The van der Waals surface area contributed by atoms with Crippen LogP contribution < -0.4 is 4.74 Å². The molecule has 0 unspecified atom stereocenters. The Morgan fingerprint density at radius 1 is 1.00 bits per heavy atom. The molecule has 31 heavy (non-hydrogen) atoms. The number of quaternary nitrogens is 1. The number of carbonyl (C=O) groups excluding carboxylic acids is 1. The molecule has 2 aromatic rings. The lowest BCUT2D eigenvalue weighted by Gasteiger charge is -2.34. The lowest BCUT2D eigenvalue weighted by atomic mass is 10.2. The molecule has 0 bridgehead atoms. The number of carbonyl (C=O) groups is 1. The first kappa shape index (κ1) is 26.5. The number of halogens is 2. The highest BCUT2D eigenvalue weighted by Gasteiger charge is 2.18. The van der Waals surface area contributed by atoms with Crippen molar-refractivity contribution in [2.24, 2.45) is 0 Å². The second-order valence-electron chi connectivity index (χ2n) is 6.68. The van der Waals surface area contributed by atoms with Crippen LogP contribution in [0.2, 0.25) is 0 Å². The molecule has 0 atom stereocenters. The molecule has 0 saturated carbocycles. The predicted molar refractivity (Wildman–Crippen MR) is 110 cm³/mol. The molecule has 0 fully saturated rings. The van der Waals surface area contributed by atoms with Crippen LogP contribution in [-0.2, 0) is 10.1 Å². The number of aromatic hydroxyl groups is 1. The molecule has 2 rings (SSSR count). The van der Waals surface area contributed by atoms with E-state index < -0.39 is 49.7 Å². The molecule has 0 aliphatic heterocycles. The number of phenolic OH excluding ortho intramolecular Hbond substituents is 1. The van der Waals surface area contributed by atoms with Gasteiger partial charge in [0, 0.05) is 0 Å². The molecule has 0 aliphatic rings. The first-order valence-corrected chi connectivity index (χ1v) is 11.2. The summed E-state index contributed by atoms with van der Waals surface area (Å²) in [5.74, 6) is -5.38. The van der Waals surface area contributed by atoms with Crippen molar-refractivity contribution in [2.45, 2.75) is 32.6 Å². The molecule has 172 valence electrons. The van der Waals surface area contributed by atoms with E-state index in [1.54, 1.807) is 0 Å². The third kappa shape index (κ3) is 6.98. The number of hydrogen-bond donors (Lipinski definition) is 1. The Labute approximate surface area is 181 Å². The summed E-state index contributed by atoms with van der Waals surface area (Å²) in [6, 6.07) is 5.01. The highest BCUT2D eigenvalue weighted by molar-refractivity contribution is 7.85. The van der Waals surface area contributed by atoms with E-state index in [2.05, 4.69) is 32.4 Å². The second kappa shape index (κ2) is 11.2. The zero-order valence-corrected chi connectivity index (χ0v) is 18.7. The van der Waals surface area contributed by atoms with Crippen molar-refractivity contribution in [3.8, 4) is 11.5 Å². The summed E-state index contributed by atoms with van der Waals surface area (Å²) in [6.45, 7) is 14.2. The first-order chi connectivity index (χ1) is 14.4. The highest BCUT2D eigenvalue weighted by atomic mass is 32.2. The van der Waals surface area contributed by atoms with Gasteiger partial charge in [0.2, 0.25) is 5.75 Å². The summed E-state index contributed by atoms with van der Waals surface area (Å²) in [4.78, 5) is 10.8. The molecule has 0 amide bonds. The van der Waals surface area contributed by atoms with E-state index in [0.29, 0.717) is 12.1 Å². The fourth-order valence-electron chi connectivity index (χ4n) is 2.93. The molecule has 0 aliphatic carbocycles. The Hall–Kier alpha value is -2.56. The van der Waals surface area contributed by atoms with Crippen LogP contribution in [0.4, 0.5) is 8.78 Å². The van der Waals surface area contributed by atoms with Gasteiger partial charge < -0.3 is 18.9 Å². The number of phenols is 1. The van der Waals surface area contributed by atoms with Crippen LogP contribution >= 0.6 is 0 Å². The minimum absolute atomic E-state index is 0.396. The van der Waals surface area contributed by atoms with E-state index >= 15 is 0 Å². The predicted octanol–water partition coefficient (Wildman–Crippen LogP) is 3.68. The first-order valence-electron chi connectivity index (χ1n) is 9.74. The average Bonchev–Trinajstić information content (AvgIpc) is 2.72. The van der Waals surface area contributed by atoms with Gasteiger partial charge in [-0.1, -0.05) is 6.07 Å². The zero-order valence-electron chi connectivity index (χ0n) is 17.9. The third-order valence-electron chi connectivity index (χ3n) is 5.26. The van der Waals surface area contributed by atoms with Crippen LogP contribution in [0.1, 0.15) is 38.1 Å². The fourth-order valence-corrected chi connectivity index (χ4v) is 3.48. The Morgan fingerprint density at radius 2 is 1.48 bits per heavy atom. The fraction of sp³-hybridized carbons (Fsp3) is 0.381. The van der Waals surface area contributed by atoms with Crippen molar-refractivity contribution in [1.82, 2.24) is 0 Å². The number of ether oxygens (including phenoxy) is 1. The molecule has 0 radical (unpaired) electrons. The Balaban J connectivity index is 0.000000452. The summed E-state index contributed by atoms with van der Waals surface area (Å²) in [5.41, 5.74) is -0.396. The van der Waals surface area contributed by atoms with Gasteiger partial charge in [-0.15, -0.1) is 0 Å². The van der Waals surface area contributed by atoms with E-state index in [4.69, 9.17) is 0 Å². The van der Waals surface area contributed by atoms with Gasteiger partial charge in [-0.25, -0.2) is 22.0 Å². The minimum Gasteiger partial charge on any atom is -0.744 e. The smallest absolute Gasteiger partial charge is 0.343 e. The third-order valence-corrected chi connectivity index (χ3v) is 6.14. The van der Waals surface area contributed by atoms with Crippen molar-refractivity contribution >= 4 is 16.1 Å². The lowest BCUT2D eigenvalue weighted by molar-refractivity contribution is -0.921. The molecule has 0 spiro atoms. The number of benzene rings is 2. The maximum Gasteiger partial charge on any atom is 0.343 e. The van der Waals surface area contributed by atoms with Crippen LogP contribution in [0.5, 0.6) is 11.5 Å². The summed E-state index contributed by atoms with van der Waals surface area (Å²) < 4.78 is 64.8. The van der Waals surface area contributed by atoms with Gasteiger partial charge in [0.25, 0.3) is 0 Å².